The lowest BCUT2D eigenvalue weighted by Crippen LogP contribution is -2.48. The number of nitrogens with zero attached hydrogens (tertiary/aromatic N) is 3. The van der Waals surface area contributed by atoms with E-state index in [1.54, 1.807) is 24.4 Å². The molecule has 0 amide bonds. The number of carboxylic acid groups (broad SMARTS) is 2. The zero-order chi connectivity index (χ0) is 23.1. The van der Waals surface area contributed by atoms with Gasteiger partial charge in [-0.25, -0.2) is 4.79 Å². The minimum Gasteiger partial charge on any atom is -0.480 e. The Hall–Kier alpha value is -3.56. The van der Waals surface area contributed by atoms with Gasteiger partial charge in [0.15, 0.2) is 11.5 Å². The van der Waals surface area contributed by atoms with E-state index in [0.717, 1.165) is 42.2 Å². The molecule has 2 N–H and O–H groups in total. The summed E-state index contributed by atoms with van der Waals surface area (Å²) in [7, 11) is 1.84. The molecular weight excluding hydrogens is 426 g/mol. The molecule has 1 fully saturated rings. The van der Waals surface area contributed by atoms with E-state index in [9.17, 15) is 19.8 Å². The van der Waals surface area contributed by atoms with Crippen LogP contribution in [-0.4, -0.2) is 69.5 Å². The van der Waals surface area contributed by atoms with Crippen molar-refractivity contribution >= 4 is 22.8 Å². The number of carbonyl (C=O) groups is 2. The van der Waals surface area contributed by atoms with Gasteiger partial charge in [0, 0.05) is 62.4 Å². The Bertz CT molecular complexity index is 1230. The van der Waals surface area contributed by atoms with E-state index in [-0.39, 0.29) is 12.4 Å². The quantitative estimate of drug-likeness (QED) is 0.589. The first kappa shape index (κ1) is 21.3. The number of aliphatic carboxylic acids is 1. The molecule has 0 saturated carbocycles. The maximum atomic E-state index is 12.3. The third-order valence-electron chi connectivity index (χ3n) is 6.41. The fourth-order valence-electron chi connectivity index (χ4n) is 4.74. The van der Waals surface area contributed by atoms with Gasteiger partial charge in [0.25, 0.3) is 0 Å². The van der Waals surface area contributed by atoms with Crippen LogP contribution in [-0.2, 0) is 18.4 Å². The number of aromatic nitrogens is 1. The second-order valence-electron chi connectivity index (χ2n) is 8.47. The molecule has 172 valence electrons. The molecule has 3 aromatic rings. The van der Waals surface area contributed by atoms with Crippen LogP contribution in [0.25, 0.3) is 10.9 Å². The second kappa shape index (κ2) is 8.42. The minimum atomic E-state index is -1.03. The lowest BCUT2D eigenvalue weighted by Gasteiger charge is -2.37. The summed E-state index contributed by atoms with van der Waals surface area (Å²) in [6.07, 6.45) is 1.80. The summed E-state index contributed by atoms with van der Waals surface area (Å²) < 4.78 is 12.7. The van der Waals surface area contributed by atoms with Crippen molar-refractivity contribution in [3.05, 3.63) is 59.3 Å². The Morgan fingerprint density at radius 1 is 1.00 bits per heavy atom. The van der Waals surface area contributed by atoms with Gasteiger partial charge in [-0.2, -0.15) is 0 Å². The molecule has 1 atom stereocenters. The molecule has 9 heteroatoms. The fourth-order valence-corrected chi connectivity index (χ4v) is 4.74. The largest absolute Gasteiger partial charge is 0.480 e. The molecule has 1 unspecified atom stereocenters. The van der Waals surface area contributed by atoms with E-state index < -0.39 is 18.0 Å². The Balaban J connectivity index is 1.34. The number of carboxylic acids is 2. The van der Waals surface area contributed by atoms with Gasteiger partial charge in [0.05, 0.1) is 5.56 Å². The first-order chi connectivity index (χ1) is 15.9. The molecule has 0 bridgehead atoms. The normalized spacial score (nSPS) is 17.4. The Kier molecular flexibility index (Phi) is 5.43. The Morgan fingerprint density at radius 3 is 2.48 bits per heavy atom. The monoisotopic (exact) mass is 451 g/mol. The van der Waals surface area contributed by atoms with Gasteiger partial charge in [-0.05, 0) is 35.9 Å². The van der Waals surface area contributed by atoms with Crippen molar-refractivity contribution in [2.75, 3.05) is 33.0 Å². The van der Waals surface area contributed by atoms with E-state index >= 15 is 0 Å². The second-order valence-corrected chi connectivity index (χ2v) is 8.47. The molecule has 3 heterocycles. The van der Waals surface area contributed by atoms with Crippen LogP contribution in [0, 0.1) is 0 Å². The van der Waals surface area contributed by atoms with Crippen LogP contribution < -0.4 is 9.47 Å². The number of aromatic carboxylic acids is 1. The summed E-state index contributed by atoms with van der Waals surface area (Å²) in [5, 5.41) is 20.2. The summed E-state index contributed by atoms with van der Waals surface area (Å²) in [6, 6.07) is 9.93. The number of aryl methyl sites for hydroxylation is 1. The van der Waals surface area contributed by atoms with Crippen molar-refractivity contribution < 1.29 is 29.3 Å². The highest BCUT2D eigenvalue weighted by atomic mass is 16.7. The van der Waals surface area contributed by atoms with Gasteiger partial charge in [-0.1, -0.05) is 6.07 Å². The summed E-state index contributed by atoms with van der Waals surface area (Å²) in [4.78, 5) is 28.1. The number of ether oxygens (including phenoxy) is 2. The molecule has 0 spiro atoms. The van der Waals surface area contributed by atoms with Gasteiger partial charge in [-0.15, -0.1) is 0 Å². The van der Waals surface area contributed by atoms with Crippen LogP contribution in [0.4, 0.5) is 0 Å². The summed E-state index contributed by atoms with van der Waals surface area (Å²) in [6.45, 7) is 3.63. The van der Waals surface area contributed by atoms with Gasteiger partial charge < -0.3 is 24.3 Å². The first-order valence-corrected chi connectivity index (χ1v) is 10.8. The van der Waals surface area contributed by atoms with Crippen molar-refractivity contribution in [3.63, 3.8) is 0 Å². The van der Waals surface area contributed by atoms with E-state index in [1.165, 1.54) is 0 Å². The predicted octanol–water partition coefficient (Wildman–Crippen LogP) is 2.55. The zero-order valence-electron chi connectivity index (χ0n) is 18.2. The number of hydrogen-bond donors (Lipinski definition) is 2. The molecule has 2 aromatic carbocycles. The van der Waals surface area contributed by atoms with Gasteiger partial charge in [0.1, 0.15) is 6.04 Å². The third kappa shape index (κ3) is 4.01. The molecule has 33 heavy (non-hydrogen) atoms. The number of hydrogen-bond acceptors (Lipinski definition) is 6. The highest BCUT2D eigenvalue weighted by Gasteiger charge is 2.33. The number of fused-ring (bicyclic) bond motifs is 2. The van der Waals surface area contributed by atoms with E-state index in [0.29, 0.717) is 24.0 Å². The Morgan fingerprint density at radius 2 is 1.76 bits per heavy atom. The van der Waals surface area contributed by atoms with Gasteiger partial charge in [0.2, 0.25) is 6.79 Å². The molecular formula is C24H25N3O6. The average molecular weight is 451 g/mol. The van der Waals surface area contributed by atoms with E-state index in [4.69, 9.17) is 9.47 Å². The molecule has 2 aliphatic heterocycles. The van der Waals surface area contributed by atoms with Crippen LogP contribution in [0.15, 0.2) is 42.6 Å². The zero-order valence-corrected chi connectivity index (χ0v) is 18.2. The molecule has 1 aromatic heterocycles. The summed E-state index contributed by atoms with van der Waals surface area (Å²) >= 11 is 0. The Labute approximate surface area is 190 Å². The van der Waals surface area contributed by atoms with Crippen molar-refractivity contribution in [1.29, 1.82) is 0 Å². The first-order valence-electron chi connectivity index (χ1n) is 10.8. The highest BCUT2D eigenvalue weighted by Crippen LogP contribution is 2.34. The molecule has 1 saturated heterocycles. The lowest BCUT2D eigenvalue weighted by atomic mass is 10.0. The topological polar surface area (TPSA) is 104 Å². The van der Waals surface area contributed by atoms with Gasteiger partial charge >= 0.3 is 11.9 Å². The maximum Gasteiger partial charge on any atom is 0.335 e. The number of rotatable bonds is 6. The van der Waals surface area contributed by atoms with Crippen LogP contribution in [0.3, 0.4) is 0 Å². The number of piperazine rings is 1. The van der Waals surface area contributed by atoms with Crippen LogP contribution in [0.5, 0.6) is 11.5 Å². The SMILES string of the molecule is Cn1cc(C(C(=O)O)N2CCN(Cc3ccc4c(c3)OCO4)CC2)c2cc(C(=O)O)ccc21. The maximum absolute atomic E-state index is 12.3. The lowest BCUT2D eigenvalue weighted by molar-refractivity contribution is -0.144. The van der Waals surface area contributed by atoms with Gasteiger partial charge in [-0.3, -0.25) is 14.6 Å². The van der Waals surface area contributed by atoms with Crippen LogP contribution in [0.1, 0.15) is 27.5 Å². The van der Waals surface area contributed by atoms with Crippen LogP contribution in [0.2, 0.25) is 0 Å². The van der Waals surface area contributed by atoms with E-state index in [2.05, 4.69) is 4.90 Å². The fraction of sp³-hybridized carbons (Fsp3) is 0.333. The average Bonchev–Trinajstić information content (AvgIpc) is 3.39. The molecule has 0 radical (unpaired) electrons. The smallest absolute Gasteiger partial charge is 0.335 e. The predicted molar refractivity (Wildman–Crippen MR) is 120 cm³/mol. The molecule has 9 nitrogen and oxygen atoms in total. The number of benzene rings is 2. The molecule has 2 aliphatic rings. The van der Waals surface area contributed by atoms with E-state index in [1.807, 2.05) is 34.7 Å². The van der Waals surface area contributed by atoms with Crippen molar-refractivity contribution in [2.24, 2.45) is 7.05 Å². The standard InChI is InChI=1S/C24H25N3O6/c1-25-13-18(17-11-16(23(28)29)3-4-19(17)25)22(24(30)31)27-8-6-26(7-9-27)12-15-2-5-20-21(10-15)33-14-32-20/h2-5,10-11,13,22H,6-9,12,14H2,1H3,(H,28,29)(H,30,31). The summed E-state index contributed by atoms with van der Waals surface area (Å²) in [5.41, 5.74) is 2.69. The van der Waals surface area contributed by atoms with Crippen LogP contribution >= 0.6 is 0 Å². The van der Waals surface area contributed by atoms with Crippen molar-refractivity contribution in [2.45, 2.75) is 12.6 Å². The van der Waals surface area contributed by atoms with Crippen molar-refractivity contribution in [3.8, 4) is 11.5 Å². The third-order valence-corrected chi connectivity index (χ3v) is 6.41. The minimum absolute atomic E-state index is 0.146. The molecule has 5 rings (SSSR count). The van der Waals surface area contributed by atoms with Crippen molar-refractivity contribution in [1.82, 2.24) is 14.4 Å². The highest BCUT2D eigenvalue weighted by molar-refractivity contribution is 5.96. The molecule has 0 aliphatic carbocycles. The summed E-state index contributed by atoms with van der Waals surface area (Å²) in [5.74, 6) is -0.453.